The number of amides is 1. The average molecular weight is 281 g/mol. The molecule has 0 aliphatic carbocycles. The summed E-state index contributed by atoms with van der Waals surface area (Å²) in [5.41, 5.74) is 1.04. The number of piperidine rings is 1. The summed E-state index contributed by atoms with van der Waals surface area (Å²) in [5, 5.41) is 8.99. The lowest BCUT2D eigenvalue weighted by Crippen LogP contribution is -2.53. The maximum Gasteiger partial charge on any atom is 0.243 e. The van der Waals surface area contributed by atoms with Crippen LogP contribution in [0.4, 0.5) is 5.13 Å². The summed E-state index contributed by atoms with van der Waals surface area (Å²) >= 11 is 1.50. The van der Waals surface area contributed by atoms with Crippen LogP contribution in [0.3, 0.4) is 0 Å². The number of carbonyl (C=O) groups is 1. The Bertz CT molecular complexity index is 453. The Morgan fingerprint density at radius 2 is 2.32 bits per heavy atom. The average Bonchev–Trinajstić information content (AvgIpc) is 2.76. The van der Waals surface area contributed by atoms with E-state index >= 15 is 0 Å². The van der Waals surface area contributed by atoms with E-state index in [4.69, 9.17) is 0 Å². The van der Waals surface area contributed by atoms with Crippen LogP contribution in [0.25, 0.3) is 0 Å². The van der Waals surface area contributed by atoms with E-state index in [1.165, 1.54) is 11.3 Å². The second-order valence-corrected chi connectivity index (χ2v) is 7.06. The molecule has 19 heavy (non-hydrogen) atoms. The van der Waals surface area contributed by atoms with Crippen LogP contribution in [0.2, 0.25) is 0 Å². The van der Waals surface area contributed by atoms with Gasteiger partial charge in [-0.15, -0.1) is 11.3 Å². The topological polar surface area (TPSA) is 54.0 Å². The molecule has 1 atom stereocenters. The lowest BCUT2D eigenvalue weighted by Gasteiger charge is -2.38. The van der Waals surface area contributed by atoms with E-state index in [0.717, 1.165) is 25.1 Å². The predicted molar refractivity (Wildman–Crippen MR) is 79.6 cm³/mol. The van der Waals surface area contributed by atoms with E-state index in [-0.39, 0.29) is 17.4 Å². The molecule has 0 saturated carbocycles. The molecular weight excluding hydrogens is 258 g/mol. The molecule has 0 bridgehead atoms. The second-order valence-electron chi connectivity index (χ2n) is 6.20. The molecule has 5 heteroatoms. The second kappa shape index (κ2) is 5.59. The van der Waals surface area contributed by atoms with Crippen molar-refractivity contribution in [1.29, 1.82) is 0 Å². The van der Waals surface area contributed by atoms with Crippen LogP contribution in [0, 0.1) is 5.41 Å². The maximum atomic E-state index is 12.4. The van der Waals surface area contributed by atoms with Gasteiger partial charge in [0.15, 0.2) is 5.13 Å². The zero-order valence-corrected chi connectivity index (χ0v) is 12.9. The molecule has 1 aliphatic heterocycles. The first kappa shape index (κ1) is 14.5. The fourth-order valence-electron chi connectivity index (χ4n) is 2.44. The molecule has 106 valence electrons. The van der Waals surface area contributed by atoms with Crippen molar-refractivity contribution in [3.05, 3.63) is 11.1 Å². The van der Waals surface area contributed by atoms with Crippen molar-refractivity contribution in [2.75, 3.05) is 11.9 Å². The summed E-state index contributed by atoms with van der Waals surface area (Å²) in [4.78, 5) is 16.8. The third-order valence-electron chi connectivity index (χ3n) is 3.73. The monoisotopic (exact) mass is 281 g/mol. The van der Waals surface area contributed by atoms with Crippen LogP contribution >= 0.6 is 11.3 Å². The minimum atomic E-state index is -0.132. The highest BCUT2D eigenvalue weighted by Crippen LogP contribution is 2.31. The van der Waals surface area contributed by atoms with E-state index in [0.29, 0.717) is 11.0 Å². The Labute approximate surface area is 119 Å². The number of anilines is 1. The molecule has 1 fully saturated rings. The van der Waals surface area contributed by atoms with E-state index in [1.54, 1.807) is 0 Å². The normalized spacial score (nSPS) is 22.5. The fourth-order valence-corrected chi connectivity index (χ4v) is 3.32. The number of nitrogens with zero attached hydrogens (tertiary/aromatic N) is 1. The largest absolute Gasteiger partial charge is 0.305 e. The number of rotatable bonds is 3. The van der Waals surface area contributed by atoms with Gasteiger partial charge in [-0.2, -0.15) is 0 Å². The first-order valence-electron chi connectivity index (χ1n) is 6.90. The third-order valence-corrected chi connectivity index (χ3v) is 4.51. The fraction of sp³-hybridized carbons (Fsp3) is 0.714. The molecule has 0 spiro atoms. The van der Waals surface area contributed by atoms with Crippen molar-refractivity contribution in [2.45, 2.75) is 52.5 Å². The molecule has 1 aliphatic rings. The first-order chi connectivity index (χ1) is 8.90. The van der Waals surface area contributed by atoms with Crippen molar-refractivity contribution in [3.63, 3.8) is 0 Å². The Balaban J connectivity index is 2.03. The molecule has 1 aromatic rings. The number of aromatic nitrogens is 1. The van der Waals surface area contributed by atoms with Gasteiger partial charge < -0.3 is 10.6 Å². The SMILES string of the molecule is CC(C)c1csc(NC(=O)C2NCCCC2(C)C)n1. The van der Waals surface area contributed by atoms with Crippen molar-refractivity contribution in [3.8, 4) is 0 Å². The summed E-state index contributed by atoms with van der Waals surface area (Å²) in [7, 11) is 0. The molecule has 2 N–H and O–H groups in total. The number of carbonyl (C=O) groups excluding carboxylic acids is 1. The van der Waals surface area contributed by atoms with Gasteiger partial charge in [0.2, 0.25) is 5.91 Å². The molecule has 1 saturated heterocycles. The molecule has 1 unspecified atom stereocenters. The minimum absolute atomic E-state index is 0.000467. The third kappa shape index (κ3) is 3.34. The molecule has 2 heterocycles. The quantitative estimate of drug-likeness (QED) is 0.895. The zero-order chi connectivity index (χ0) is 14.0. The molecular formula is C14H23N3OS. The van der Waals surface area contributed by atoms with Crippen LogP contribution in [0.1, 0.15) is 52.1 Å². The Morgan fingerprint density at radius 1 is 1.58 bits per heavy atom. The molecule has 1 aromatic heterocycles. The van der Waals surface area contributed by atoms with Gasteiger partial charge in [0.1, 0.15) is 0 Å². The van der Waals surface area contributed by atoms with Gasteiger partial charge in [-0.25, -0.2) is 4.98 Å². The highest BCUT2D eigenvalue weighted by Gasteiger charge is 2.37. The van der Waals surface area contributed by atoms with E-state index < -0.39 is 0 Å². The van der Waals surface area contributed by atoms with Crippen LogP contribution in [0.5, 0.6) is 0 Å². The highest BCUT2D eigenvalue weighted by molar-refractivity contribution is 7.13. The van der Waals surface area contributed by atoms with Crippen molar-refractivity contribution in [2.24, 2.45) is 5.41 Å². The van der Waals surface area contributed by atoms with Crippen molar-refractivity contribution >= 4 is 22.4 Å². The molecule has 1 amide bonds. The lowest BCUT2D eigenvalue weighted by molar-refractivity contribution is -0.121. The minimum Gasteiger partial charge on any atom is -0.305 e. The summed E-state index contributed by atoms with van der Waals surface area (Å²) in [6.07, 6.45) is 2.21. The van der Waals surface area contributed by atoms with Gasteiger partial charge in [-0.05, 0) is 30.7 Å². The Kier molecular flexibility index (Phi) is 4.26. The smallest absolute Gasteiger partial charge is 0.243 e. The van der Waals surface area contributed by atoms with Crippen LogP contribution in [-0.4, -0.2) is 23.5 Å². The first-order valence-corrected chi connectivity index (χ1v) is 7.78. The van der Waals surface area contributed by atoms with Gasteiger partial charge in [0.25, 0.3) is 0 Å². The Morgan fingerprint density at radius 3 is 2.89 bits per heavy atom. The number of nitrogens with one attached hydrogen (secondary N) is 2. The zero-order valence-electron chi connectivity index (χ0n) is 12.1. The number of hydrogen-bond acceptors (Lipinski definition) is 4. The van der Waals surface area contributed by atoms with Crippen LogP contribution < -0.4 is 10.6 Å². The summed E-state index contributed by atoms with van der Waals surface area (Å²) < 4.78 is 0. The van der Waals surface area contributed by atoms with E-state index in [2.05, 4.69) is 43.3 Å². The van der Waals surface area contributed by atoms with Gasteiger partial charge >= 0.3 is 0 Å². The molecule has 0 aromatic carbocycles. The lowest BCUT2D eigenvalue weighted by atomic mass is 9.77. The summed E-state index contributed by atoms with van der Waals surface area (Å²) in [6.45, 7) is 9.41. The standard InChI is InChI=1S/C14H23N3OS/c1-9(2)10-8-19-13(16-10)17-12(18)11-14(3,4)6-5-7-15-11/h8-9,11,15H,5-7H2,1-4H3,(H,16,17,18). The summed E-state index contributed by atoms with van der Waals surface area (Å²) in [5.74, 6) is 0.431. The predicted octanol–water partition coefficient (Wildman–Crippen LogP) is 2.98. The molecule has 4 nitrogen and oxygen atoms in total. The number of hydrogen-bond donors (Lipinski definition) is 2. The van der Waals surface area contributed by atoms with Crippen LogP contribution in [-0.2, 0) is 4.79 Å². The van der Waals surface area contributed by atoms with Gasteiger partial charge in [-0.1, -0.05) is 27.7 Å². The van der Waals surface area contributed by atoms with Gasteiger partial charge in [-0.3, -0.25) is 4.79 Å². The summed E-state index contributed by atoms with van der Waals surface area (Å²) in [6, 6.07) is -0.132. The van der Waals surface area contributed by atoms with E-state index in [1.807, 2.05) is 5.38 Å². The van der Waals surface area contributed by atoms with Gasteiger partial charge in [0.05, 0.1) is 11.7 Å². The highest BCUT2D eigenvalue weighted by atomic mass is 32.1. The molecule has 0 radical (unpaired) electrons. The Hall–Kier alpha value is -0.940. The van der Waals surface area contributed by atoms with Crippen LogP contribution in [0.15, 0.2) is 5.38 Å². The van der Waals surface area contributed by atoms with Gasteiger partial charge in [0, 0.05) is 5.38 Å². The van der Waals surface area contributed by atoms with E-state index in [9.17, 15) is 4.79 Å². The van der Waals surface area contributed by atoms with Crippen molar-refractivity contribution < 1.29 is 4.79 Å². The maximum absolute atomic E-state index is 12.4. The van der Waals surface area contributed by atoms with Crippen molar-refractivity contribution in [1.82, 2.24) is 10.3 Å². The molecule has 2 rings (SSSR count). The number of thiazole rings is 1.